The van der Waals surface area contributed by atoms with Gasteiger partial charge in [0.05, 0.1) is 12.0 Å². The van der Waals surface area contributed by atoms with Crippen LogP contribution in [0.5, 0.6) is 5.75 Å². The number of furan rings is 1. The summed E-state index contributed by atoms with van der Waals surface area (Å²) in [7, 11) is 0. The number of hydrogen-bond acceptors (Lipinski definition) is 7. The quantitative estimate of drug-likeness (QED) is 0.457. The van der Waals surface area contributed by atoms with Crippen LogP contribution >= 0.6 is 0 Å². The zero-order valence-corrected chi connectivity index (χ0v) is 14.8. The van der Waals surface area contributed by atoms with Gasteiger partial charge in [0.1, 0.15) is 12.4 Å². The Morgan fingerprint density at radius 3 is 2.50 bits per heavy atom. The Kier molecular flexibility index (Phi) is 5.10. The van der Waals surface area contributed by atoms with Crippen molar-refractivity contribution in [3.05, 3.63) is 90.1 Å². The van der Waals surface area contributed by atoms with Gasteiger partial charge in [-0.3, -0.25) is 0 Å². The van der Waals surface area contributed by atoms with Crippen molar-refractivity contribution in [3.8, 4) is 11.4 Å². The summed E-state index contributed by atoms with van der Waals surface area (Å²) in [5.74, 6) is 0.576. The van der Waals surface area contributed by atoms with Crippen LogP contribution in [0.25, 0.3) is 5.69 Å². The predicted octanol–water partition coefficient (Wildman–Crippen LogP) is 3.19. The molecule has 0 aliphatic heterocycles. The minimum Gasteiger partial charge on any atom is -0.489 e. The third-order valence-electron chi connectivity index (χ3n) is 3.94. The van der Waals surface area contributed by atoms with Gasteiger partial charge >= 0.3 is 5.97 Å². The van der Waals surface area contributed by atoms with Crippen molar-refractivity contribution in [2.24, 2.45) is 0 Å². The van der Waals surface area contributed by atoms with Crippen LogP contribution in [0.1, 0.15) is 21.9 Å². The molecule has 0 N–H and O–H groups in total. The van der Waals surface area contributed by atoms with Gasteiger partial charge in [0.2, 0.25) is 5.76 Å². The van der Waals surface area contributed by atoms with Crippen LogP contribution in [-0.2, 0) is 18.0 Å². The number of para-hydroxylation sites is 2. The maximum Gasteiger partial charge on any atom is 0.375 e. The number of nitrogens with zero attached hydrogens (tertiary/aromatic N) is 4. The maximum atomic E-state index is 12.4. The number of carbonyl (C=O) groups is 1. The van der Waals surface area contributed by atoms with Crippen LogP contribution in [0.2, 0.25) is 0 Å². The highest BCUT2D eigenvalue weighted by atomic mass is 16.5. The molecule has 0 radical (unpaired) electrons. The molecule has 2 heterocycles. The number of tetrazole rings is 1. The van der Waals surface area contributed by atoms with E-state index in [0.717, 1.165) is 5.69 Å². The second kappa shape index (κ2) is 8.17. The molecular formula is C20H16N4O4. The first-order chi connectivity index (χ1) is 13.8. The van der Waals surface area contributed by atoms with E-state index in [1.807, 2.05) is 60.7 Å². The Labute approximate surface area is 160 Å². The van der Waals surface area contributed by atoms with Gasteiger partial charge in [0, 0.05) is 5.56 Å². The summed E-state index contributed by atoms with van der Waals surface area (Å²) in [5, 5.41) is 11.5. The molecule has 4 aromatic rings. The third kappa shape index (κ3) is 3.90. The van der Waals surface area contributed by atoms with Gasteiger partial charge in [0.15, 0.2) is 12.4 Å². The fourth-order valence-electron chi connectivity index (χ4n) is 2.57. The highest BCUT2D eigenvalue weighted by Gasteiger charge is 2.19. The Morgan fingerprint density at radius 1 is 0.964 bits per heavy atom. The fraction of sp³-hybridized carbons (Fsp3) is 0.100. The standard InChI is InChI=1S/C20H16N4O4/c25-20(19-15(11-12-26-19)13-27-17-9-5-2-6-10-17)28-14-18-21-22-23-24(18)16-7-3-1-4-8-16/h1-12H,13-14H2. The molecule has 2 aromatic carbocycles. The van der Waals surface area contributed by atoms with E-state index < -0.39 is 5.97 Å². The summed E-state index contributed by atoms with van der Waals surface area (Å²) < 4.78 is 17.8. The lowest BCUT2D eigenvalue weighted by Crippen LogP contribution is -2.11. The summed E-state index contributed by atoms with van der Waals surface area (Å²) in [6, 6.07) is 20.3. The van der Waals surface area contributed by atoms with Crippen molar-refractivity contribution >= 4 is 5.97 Å². The molecule has 4 rings (SSSR count). The summed E-state index contributed by atoms with van der Waals surface area (Å²) in [6.45, 7) is 0.0904. The molecule has 0 fully saturated rings. The smallest absolute Gasteiger partial charge is 0.375 e. The molecule has 0 saturated heterocycles. The molecule has 0 aliphatic rings. The molecular weight excluding hydrogens is 360 g/mol. The van der Waals surface area contributed by atoms with Crippen LogP contribution in [0.15, 0.2) is 77.4 Å². The lowest BCUT2D eigenvalue weighted by atomic mass is 10.2. The average molecular weight is 376 g/mol. The number of aromatic nitrogens is 4. The zero-order valence-electron chi connectivity index (χ0n) is 14.8. The van der Waals surface area contributed by atoms with E-state index in [0.29, 0.717) is 17.1 Å². The largest absolute Gasteiger partial charge is 0.489 e. The molecule has 0 atom stereocenters. The van der Waals surface area contributed by atoms with Crippen molar-refractivity contribution < 1.29 is 18.7 Å². The molecule has 0 amide bonds. The van der Waals surface area contributed by atoms with Crippen LogP contribution in [0, 0.1) is 0 Å². The van der Waals surface area contributed by atoms with E-state index in [-0.39, 0.29) is 19.0 Å². The van der Waals surface area contributed by atoms with Gasteiger partial charge in [-0.2, -0.15) is 4.68 Å². The molecule has 0 saturated carbocycles. The number of esters is 1. The predicted molar refractivity (Wildman–Crippen MR) is 97.8 cm³/mol. The van der Waals surface area contributed by atoms with Crippen molar-refractivity contribution in [1.82, 2.24) is 20.2 Å². The van der Waals surface area contributed by atoms with Crippen molar-refractivity contribution in [2.75, 3.05) is 0 Å². The topological polar surface area (TPSA) is 92.3 Å². The number of hydrogen-bond donors (Lipinski definition) is 0. The minimum absolute atomic E-state index is 0.0923. The highest BCUT2D eigenvalue weighted by molar-refractivity contribution is 5.87. The number of rotatable bonds is 7. The van der Waals surface area contributed by atoms with Gasteiger partial charge < -0.3 is 13.9 Å². The number of carbonyl (C=O) groups excluding carboxylic acids is 1. The second-order valence-electron chi connectivity index (χ2n) is 5.80. The minimum atomic E-state index is -0.612. The molecule has 28 heavy (non-hydrogen) atoms. The van der Waals surface area contributed by atoms with Crippen molar-refractivity contribution in [2.45, 2.75) is 13.2 Å². The highest BCUT2D eigenvalue weighted by Crippen LogP contribution is 2.17. The Balaban J connectivity index is 1.41. The normalized spacial score (nSPS) is 10.6. The molecule has 0 aliphatic carbocycles. The van der Waals surface area contributed by atoms with Gasteiger partial charge in [-0.25, -0.2) is 4.79 Å². The second-order valence-corrected chi connectivity index (χ2v) is 5.80. The number of benzene rings is 2. The molecule has 0 unspecified atom stereocenters. The summed E-state index contributed by atoms with van der Waals surface area (Å²) in [4.78, 5) is 12.4. The SMILES string of the molecule is O=C(OCc1nnnn1-c1ccccc1)c1occc1COc1ccccc1. The number of ether oxygens (including phenoxy) is 2. The first-order valence-electron chi connectivity index (χ1n) is 8.55. The first kappa shape index (κ1) is 17.5. The molecule has 0 bridgehead atoms. The van der Waals surface area contributed by atoms with E-state index in [9.17, 15) is 4.79 Å². The van der Waals surface area contributed by atoms with E-state index in [2.05, 4.69) is 15.5 Å². The molecule has 8 heteroatoms. The lowest BCUT2D eigenvalue weighted by molar-refractivity contribution is 0.0419. The monoisotopic (exact) mass is 376 g/mol. The van der Waals surface area contributed by atoms with E-state index in [4.69, 9.17) is 13.9 Å². The van der Waals surface area contributed by atoms with E-state index in [1.165, 1.54) is 10.9 Å². The summed E-state index contributed by atoms with van der Waals surface area (Å²) in [5.41, 5.74) is 1.37. The van der Waals surface area contributed by atoms with E-state index >= 15 is 0 Å². The summed E-state index contributed by atoms with van der Waals surface area (Å²) in [6.07, 6.45) is 1.42. The summed E-state index contributed by atoms with van der Waals surface area (Å²) >= 11 is 0. The third-order valence-corrected chi connectivity index (χ3v) is 3.94. The molecule has 2 aromatic heterocycles. The van der Waals surface area contributed by atoms with Crippen molar-refractivity contribution in [3.63, 3.8) is 0 Å². The van der Waals surface area contributed by atoms with Crippen LogP contribution in [-0.4, -0.2) is 26.2 Å². The van der Waals surface area contributed by atoms with Gasteiger partial charge in [0.25, 0.3) is 0 Å². The van der Waals surface area contributed by atoms with Crippen LogP contribution in [0.4, 0.5) is 0 Å². The van der Waals surface area contributed by atoms with Crippen molar-refractivity contribution in [1.29, 1.82) is 0 Å². The van der Waals surface area contributed by atoms with Crippen LogP contribution in [0.3, 0.4) is 0 Å². The average Bonchev–Trinajstić information content (AvgIpc) is 3.41. The van der Waals surface area contributed by atoms with Gasteiger partial charge in [-0.1, -0.05) is 36.4 Å². The van der Waals surface area contributed by atoms with E-state index in [1.54, 1.807) is 6.07 Å². The Hall–Kier alpha value is -3.94. The Morgan fingerprint density at radius 2 is 1.71 bits per heavy atom. The Bertz CT molecular complexity index is 1040. The molecule has 140 valence electrons. The maximum absolute atomic E-state index is 12.4. The molecule has 0 spiro atoms. The van der Waals surface area contributed by atoms with Gasteiger partial charge in [-0.05, 0) is 40.8 Å². The zero-order chi connectivity index (χ0) is 19.2. The molecule has 8 nitrogen and oxygen atoms in total. The van der Waals surface area contributed by atoms with Gasteiger partial charge in [-0.15, -0.1) is 5.10 Å². The van der Waals surface area contributed by atoms with Crippen LogP contribution < -0.4 is 4.74 Å². The lowest BCUT2D eigenvalue weighted by Gasteiger charge is -2.07. The fourth-order valence-corrected chi connectivity index (χ4v) is 2.57. The first-order valence-corrected chi connectivity index (χ1v) is 8.55.